The molecule has 72 valence electrons. The molecular formula is C9H14N2OS. The Bertz CT molecular complexity index is 268. The van der Waals surface area contributed by atoms with Gasteiger partial charge in [-0.1, -0.05) is 6.92 Å². The van der Waals surface area contributed by atoms with E-state index in [0.717, 1.165) is 16.5 Å². The van der Waals surface area contributed by atoms with Gasteiger partial charge in [0, 0.05) is 24.8 Å². The summed E-state index contributed by atoms with van der Waals surface area (Å²) in [6, 6.07) is 0. The minimum absolute atomic E-state index is 0.228. The lowest BCUT2D eigenvalue weighted by Crippen LogP contribution is -2.04. The van der Waals surface area contributed by atoms with Crippen molar-refractivity contribution >= 4 is 11.8 Å². The molecule has 0 aliphatic heterocycles. The second-order valence-corrected chi connectivity index (χ2v) is 4.05. The number of nitrogens with zero attached hydrogens (tertiary/aromatic N) is 2. The molecule has 1 N–H and O–H groups in total. The highest BCUT2D eigenvalue weighted by molar-refractivity contribution is 7.99. The van der Waals surface area contributed by atoms with Crippen LogP contribution in [0, 0.1) is 12.8 Å². The standard InChI is InChI=1S/C9H14N2OS/c1-7(5-12)6-13-9-8(2)10-3-4-11-9/h3-4,7,12H,5-6H2,1-2H3. The van der Waals surface area contributed by atoms with E-state index < -0.39 is 0 Å². The van der Waals surface area contributed by atoms with E-state index in [0.29, 0.717) is 5.92 Å². The Morgan fingerprint density at radius 3 is 2.77 bits per heavy atom. The van der Waals surface area contributed by atoms with Crippen LogP contribution >= 0.6 is 11.8 Å². The Balaban J connectivity index is 2.50. The smallest absolute Gasteiger partial charge is 0.117 e. The summed E-state index contributed by atoms with van der Waals surface area (Å²) in [4.78, 5) is 8.34. The summed E-state index contributed by atoms with van der Waals surface area (Å²) in [5, 5.41) is 9.79. The zero-order valence-electron chi connectivity index (χ0n) is 7.90. The van der Waals surface area contributed by atoms with Gasteiger partial charge in [-0.3, -0.25) is 4.98 Å². The van der Waals surface area contributed by atoms with Gasteiger partial charge in [0.1, 0.15) is 5.03 Å². The maximum absolute atomic E-state index is 8.83. The lowest BCUT2D eigenvalue weighted by Gasteiger charge is -2.07. The summed E-state index contributed by atoms with van der Waals surface area (Å²) < 4.78 is 0. The molecule has 13 heavy (non-hydrogen) atoms. The molecule has 1 rings (SSSR count). The number of aryl methyl sites for hydroxylation is 1. The molecule has 1 unspecified atom stereocenters. The normalized spacial score (nSPS) is 12.8. The first-order valence-electron chi connectivity index (χ1n) is 4.25. The van der Waals surface area contributed by atoms with E-state index in [4.69, 9.17) is 5.11 Å². The fraction of sp³-hybridized carbons (Fsp3) is 0.556. The topological polar surface area (TPSA) is 46.0 Å². The van der Waals surface area contributed by atoms with Crippen molar-refractivity contribution in [3.8, 4) is 0 Å². The Kier molecular flexibility index (Phi) is 4.18. The van der Waals surface area contributed by atoms with E-state index in [9.17, 15) is 0 Å². The van der Waals surface area contributed by atoms with Crippen LogP contribution < -0.4 is 0 Å². The van der Waals surface area contributed by atoms with Crippen LogP contribution in [-0.4, -0.2) is 27.4 Å². The number of hydrogen-bond donors (Lipinski definition) is 1. The highest BCUT2D eigenvalue weighted by atomic mass is 32.2. The average molecular weight is 198 g/mol. The number of hydrogen-bond acceptors (Lipinski definition) is 4. The van der Waals surface area contributed by atoms with Gasteiger partial charge in [0.05, 0.1) is 5.69 Å². The summed E-state index contributed by atoms with van der Waals surface area (Å²) >= 11 is 1.65. The highest BCUT2D eigenvalue weighted by Crippen LogP contribution is 2.19. The van der Waals surface area contributed by atoms with Crippen molar-refractivity contribution in [2.45, 2.75) is 18.9 Å². The van der Waals surface area contributed by atoms with Gasteiger partial charge in [-0.05, 0) is 12.8 Å². The number of aromatic nitrogens is 2. The van der Waals surface area contributed by atoms with Gasteiger partial charge >= 0.3 is 0 Å². The van der Waals surface area contributed by atoms with Crippen molar-refractivity contribution in [1.82, 2.24) is 9.97 Å². The first-order chi connectivity index (χ1) is 6.24. The quantitative estimate of drug-likeness (QED) is 0.745. The monoisotopic (exact) mass is 198 g/mol. The molecule has 0 saturated heterocycles. The van der Waals surface area contributed by atoms with Crippen LogP contribution in [0.1, 0.15) is 12.6 Å². The summed E-state index contributed by atoms with van der Waals surface area (Å²) in [7, 11) is 0. The first-order valence-corrected chi connectivity index (χ1v) is 5.24. The third kappa shape index (κ3) is 3.32. The third-order valence-electron chi connectivity index (χ3n) is 1.65. The Hall–Kier alpha value is -0.610. The third-order valence-corrected chi connectivity index (χ3v) is 3.06. The first kappa shape index (κ1) is 10.5. The lowest BCUT2D eigenvalue weighted by molar-refractivity contribution is 0.250. The molecule has 0 radical (unpaired) electrons. The van der Waals surface area contributed by atoms with Gasteiger partial charge in [-0.2, -0.15) is 0 Å². The molecule has 0 aliphatic rings. The van der Waals surface area contributed by atoms with E-state index in [1.54, 1.807) is 24.2 Å². The molecule has 0 amide bonds. The fourth-order valence-electron chi connectivity index (χ4n) is 0.810. The summed E-state index contributed by atoms with van der Waals surface area (Å²) in [5.41, 5.74) is 0.956. The maximum atomic E-state index is 8.83. The van der Waals surface area contributed by atoms with Crippen LogP contribution in [-0.2, 0) is 0 Å². The van der Waals surface area contributed by atoms with E-state index >= 15 is 0 Å². The largest absolute Gasteiger partial charge is 0.396 e. The van der Waals surface area contributed by atoms with Crippen LogP contribution in [0.2, 0.25) is 0 Å². The molecule has 0 saturated carbocycles. The van der Waals surface area contributed by atoms with Crippen molar-refractivity contribution in [3.63, 3.8) is 0 Å². The second kappa shape index (κ2) is 5.19. The van der Waals surface area contributed by atoms with E-state index in [-0.39, 0.29) is 6.61 Å². The fourth-order valence-corrected chi connectivity index (χ4v) is 1.76. The molecule has 3 nitrogen and oxygen atoms in total. The van der Waals surface area contributed by atoms with Crippen molar-refractivity contribution < 1.29 is 5.11 Å². The molecule has 0 aromatic carbocycles. The maximum Gasteiger partial charge on any atom is 0.117 e. The van der Waals surface area contributed by atoms with Gasteiger partial charge < -0.3 is 5.11 Å². The predicted octanol–water partition coefficient (Wildman–Crippen LogP) is 1.51. The zero-order valence-corrected chi connectivity index (χ0v) is 8.71. The van der Waals surface area contributed by atoms with Gasteiger partial charge in [0.15, 0.2) is 0 Å². The molecule has 1 aromatic rings. The molecule has 4 heteroatoms. The van der Waals surface area contributed by atoms with Gasteiger partial charge in [-0.15, -0.1) is 11.8 Å². The van der Waals surface area contributed by atoms with E-state index in [1.165, 1.54) is 0 Å². The molecule has 0 bridgehead atoms. The molecule has 0 spiro atoms. The zero-order chi connectivity index (χ0) is 9.68. The number of aliphatic hydroxyl groups is 1. The van der Waals surface area contributed by atoms with Gasteiger partial charge in [0.2, 0.25) is 0 Å². The summed E-state index contributed by atoms with van der Waals surface area (Å²) in [5.74, 6) is 1.20. The minimum Gasteiger partial charge on any atom is -0.396 e. The van der Waals surface area contributed by atoms with Crippen LogP contribution in [0.15, 0.2) is 17.4 Å². The molecule has 1 aromatic heterocycles. The molecular weight excluding hydrogens is 184 g/mol. The minimum atomic E-state index is 0.228. The van der Waals surface area contributed by atoms with Crippen molar-refractivity contribution in [2.24, 2.45) is 5.92 Å². The summed E-state index contributed by atoms with van der Waals surface area (Å²) in [6.45, 7) is 4.18. The van der Waals surface area contributed by atoms with E-state index in [1.807, 2.05) is 13.8 Å². The van der Waals surface area contributed by atoms with Crippen LogP contribution in [0.25, 0.3) is 0 Å². The Morgan fingerprint density at radius 2 is 2.15 bits per heavy atom. The highest BCUT2D eigenvalue weighted by Gasteiger charge is 2.04. The average Bonchev–Trinajstić information content (AvgIpc) is 2.16. The van der Waals surface area contributed by atoms with Crippen molar-refractivity contribution in [3.05, 3.63) is 18.1 Å². The van der Waals surface area contributed by atoms with Crippen molar-refractivity contribution in [2.75, 3.05) is 12.4 Å². The molecule has 0 fully saturated rings. The number of rotatable bonds is 4. The summed E-state index contributed by atoms with van der Waals surface area (Å²) in [6.07, 6.45) is 3.38. The van der Waals surface area contributed by atoms with E-state index in [2.05, 4.69) is 9.97 Å². The SMILES string of the molecule is Cc1nccnc1SCC(C)CO. The Labute approximate surface area is 82.6 Å². The van der Waals surface area contributed by atoms with Crippen LogP contribution in [0.3, 0.4) is 0 Å². The lowest BCUT2D eigenvalue weighted by atomic mass is 10.2. The Morgan fingerprint density at radius 1 is 1.46 bits per heavy atom. The van der Waals surface area contributed by atoms with Gasteiger partial charge in [0.25, 0.3) is 0 Å². The second-order valence-electron chi connectivity index (χ2n) is 3.05. The van der Waals surface area contributed by atoms with Crippen LogP contribution in [0.4, 0.5) is 0 Å². The van der Waals surface area contributed by atoms with Gasteiger partial charge in [-0.25, -0.2) is 4.98 Å². The molecule has 1 atom stereocenters. The van der Waals surface area contributed by atoms with Crippen molar-refractivity contribution in [1.29, 1.82) is 0 Å². The molecule has 0 aliphatic carbocycles. The number of aliphatic hydroxyl groups excluding tert-OH is 1. The molecule has 1 heterocycles. The van der Waals surface area contributed by atoms with Crippen LogP contribution in [0.5, 0.6) is 0 Å². The predicted molar refractivity (Wildman–Crippen MR) is 53.7 cm³/mol. The number of thioether (sulfide) groups is 1.